The number of carbonyl (C=O) groups is 3. The van der Waals surface area contributed by atoms with Crippen molar-refractivity contribution in [1.29, 1.82) is 0 Å². The molecular weight excluding hydrogens is 639 g/mol. The Labute approximate surface area is 252 Å². The minimum absolute atomic E-state index is 0.214. The Balaban J connectivity index is 1.56. The monoisotopic (exact) mass is 670 g/mol. The molecule has 3 rings (SSSR count). The molecule has 0 bridgehead atoms. The third kappa shape index (κ3) is 9.94. The summed E-state index contributed by atoms with van der Waals surface area (Å²) in [5.41, 5.74) is 5.08. The Bertz CT molecular complexity index is 1390. The lowest BCUT2D eigenvalue weighted by molar-refractivity contribution is -0.136. The normalized spacial score (nSPS) is 10.5. The highest BCUT2D eigenvalue weighted by Gasteiger charge is 2.15. The molecule has 0 saturated heterocycles. The SMILES string of the molecule is C=CCOc1ccc(NC(=O)C(=O)N/N=C\c2cc(I)c(OCC(=O)Nc3ccc(CC)cc3)c(OCC)c2)cc1. The zero-order valence-corrected chi connectivity index (χ0v) is 24.9. The van der Waals surface area contributed by atoms with Gasteiger partial charge in [-0.1, -0.05) is 31.7 Å². The van der Waals surface area contributed by atoms with Crippen LogP contribution in [0.2, 0.25) is 0 Å². The molecule has 0 atom stereocenters. The minimum atomic E-state index is -0.941. The molecule has 0 aromatic heterocycles. The summed E-state index contributed by atoms with van der Waals surface area (Å²) in [6, 6.07) is 17.6. The quantitative estimate of drug-likeness (QED) is 0.0779. The lowest BCUT2D eigenvalue weighted by Gasteiger charge is -2.14. The molecule has 3 amide bonds. The van der Waals surface area contributed by atoms with Crippen molar-refractivity contribution >= 4 is 57.9 Å². The fourth-order valence-electron chi connectivity index (χ4n) is 3.42. The van der Waals surface area contributed by atoms with Crippen molar-refractivity contribution in [3.8, 4) is 17.2 Å². The molecule has 0 fully saturated rings. The second-order valence-corrected chi connectivity index (χ2v) is 9.59. The second-order valence-electron chi connectivity index (χ2n) is 8.43. The van der Waals surface area contributed by atoms with Crippen LogP contribution in [0.1, 0.15) is 25.0 Å². The molecule has 10 nitrogen and oxygen atoms in total. The smallest absolute Gasteiger partial charge is 0.329 e. The number of anilines is 2. The molecule has 0 unspecified atom stereocenters. The fraction of sp³-hybridized carbons (Fsp3) is 0.200. The van der Waals surface area contributed by atoms with Crippen LogP contribution >= 0.6 is 22.6 Å². The zero-order chi connectivity index (χ0) is 29.6. The van der Waals surface area contributed by atoms with Crippen LogP contribution in [0, 0.1) is 3.57 Å². The van der Waals surface area contributed by atoms with E-state index in [0.717, 1.165) is 6.42 Å². The third-order valence-corrected chi connectivity index (χ3v) is 6.19. The summed E-state index contributed by atoms with van der Waals surface area (Å²) < 4.78 is 17.5. The topological polar surface area (TPSA) is 127 Å². The summed E-state index contributed by atoms with van der Waals surface area (Å²) in [4.78, 5) is 36.8. The maximum atomic E-state index is 12.4. The van der Waals surface area contributed by atoms with Crippen molar-refractivity contribution in [1.82, 2.24) is 5.43 Å². The first-order valence-corrected chi connectivity index (χ1v) is 13.9. The summed E-state index contributed by atoms with van der Waals surface area (Å²) in [6.07, 6.45) is 3.91. The minimum Gasteiger partial charge on any atom is -0.490 e. The number of aryl methyl sites for hydroxylation is 1. The van der Waals surface area contributed by atoms with E-state index in [4.69, 9.17) is 14.2 Å². The largest absolute Gasteiger partial charge is 0.490 e. The van der Waals surface area contributed by atoms with Gasteiger partial charge in [-0.3, -0.25) is 14.4 Å². The van der Waals surface area contributed by atoms with Gasteiger partial charge in [0.1, 0.15) is 12.4 Å². The van der Waals surface area contributed by atoms with Gasteiger partial charge in [0.05, 0.1) is 16.4 Å². The Morgan fingerprint density at radius 1 is 0.902 bits per heavy atom. The lowest BCUT2D eigenvalue weighted by atomic mass is 10.1. The number of carbonyl (C=O) groups excluding carboxylic acids is 3. The Kier molecular flexibility index (Phi) is 12.2. The average Bonchev–Trinajstić information content (AvgIpc) is 2.97. The summed E-state index contributed by atoms with van der Waals surface area (Å²) in [7, 11) is 0. The van der Waals surface area contributed by atoms with Crippen molar-refractivity contribution in [2.24, 2.45) is 5.10 Å². The maximum Gasteiger partial charge on any atom is 0.329 e. The number of halogens is 1. The van der Waals surface area contributed by atoms with Gasteiger partial charge in [0.2, 0.25) is 0 Å². The van der Waals surface area contributed by atoms with Gasteiger partial charge < -0.3 is 24.8 Å². The van der Waals surface area contributed by atoms with Crippen LogP contribution in [0.5, 0.6) is 17.2 Å². The molecular formula is C30H31IN4O6. The van der Waals surface area contributed by atoms with Crippen molar-refractivity contribution in [2.75, 3.05) is 30.5 Å². The van der Waals surface area contributed by atoms with E-state index in [9.17, 15) is 14.4 Å². The van der Waals surface area contributed by atoms with Crippen LogP contribution < -0.4 is 30.3 Å². The molecule has 0 saturated carbocycles. The second kappa shape index (κ2) is 16.0. The number of rotatable bonds is 13. The number of amides is 3. The molecule has 0 aliphatic heterocycles. The highest BCUT2D eigenvalue weighted by atomic mass is 127. The Hall–Kier alpha value is -4.39. The number of nitrogens with zero attached hydrogens (tertiary/aromatic N) is 1. The van der Waals surface area contributed by atoms with Gasteiger partial charge >= 0.3 is 11.8 Å². The van der Waals surface area contributed by atoms with Crippen molar-refractivity contribution in [2.45, 2.75) is 20.3 Å². The highest BCUT2D eigenvalue weighted by molar-refractivity contribution is 14.1. The zero-order valence-electron chi connectivity index (χ0n) is 22.7. The first-order chi connectivity index (χ1) is 19.8. The van der Waals surface area contributed by atoms with Gasteiger partial charge in [0.15, 0.2) is 18.1 Å². The first-order valence-electron chi connectivity index (χ1n) is 12.8. The summed E-state index contributed by atoms with van der Waals surface area (Å²) >= 11 is 2.06. The predicted octanol–water partition coefficient (Wildman–Crippen LogP) is 4.92. The van der Waals surface area contributed by atoms with E-state index in [1.54, 1.807) is 42.5 Å². The molecule has 41 heavy (non-hydrogen) atoms. The molecule has 214 valence electrons. The predicted molar refractivity (Wildman–Crippen MR) is 167 cm³/mol. The van der Waals surface area contributed by atoms with Crippen LogP contribution in [0.15, 0.2) is 78.4 Å². The molecule has 3 N–H and O–H groups in total. The first kappa shape index (κ1) is 31.1. The van der Waals surface area contributed by atoms with E-state index in [0.29, 0.717) is 51.0 Å². The summed E-state index contributed by atoms with van der Waals surface area (Å²) in [5.74, 6) is -0.708. The van der Waals surface area contributed by atoms with Gasteiger partial charge in [-0.25, -0.2) is 5.43 Å². The van der Waals surface area contributed by atoms with Crippen LogP contribution in [0.4, 0.5) is 11.4 Å². The lowest BCUT2D eigenvalue weighted by Crippen LogP contribution is -2.32. The molecule has 0 spiro atoms. The van der Waals surface area contributed by atoms with Crippen LogP contribution in [-0.4, -0.2) is 43.8 Å². The van der Waals surface area contributed by atoms with Crippen molar-refractivity contribution < 1.29 is 28.6 Å². The van der Waals surface area contributed by atoms with E-state index in [2.05, 4.69) is 57.3 Å². The average molecular weight is 671 g/mol. The molecule has 11 heteroatoms. The molecule has 0 radical (unpaired) electrons. The van der Waals surface area contributed by atoms with Crippen molar-refractivity contribution in [3.05, 3.63) is 88.0 Å². The van der Waals surface area contributed by atoms with Crippen molar-refractivity contribution in [3.63, 3.8) is 0 Å². The standard InChI is InChI=1S/C30H31IN4O6/c1-4-15-40-24-13-11-23(12-14-24)34-29(37)30(38)35-32-18-21-16-25(31)28(26(17-21)39-6-3)41-19-27(36)33-22-9-7-20(5-2)8-10-22/h4,7-14,16-18H,1,5-6,15,19H2,2-3H3,(H,33,36)(H,34,37)(H,35,38)/b32-18-. The number of nitrogens with one attached hydrogen (secondary N) is 3. The van der Waals surface area contributed by atoms with Crippen LogP contribution in [0.25, 0.3) is 0 Å². The molecule has 0 aliphatic carbocycles. The number of hydrogen-bond donors (Lipinski definition) is 3. The maximum absolute atomic E-state index is 12.4. The van der Waals surface area contributed by atoms with Gasteiger partial charge in [0, 0.05) is 11.4 Å². The van der Waals surface area contributed by atoms with Gasteiger partial charge in [-0.05, 0) is 95.6 Å². The Morgan fingerprint density at radius 2 is 1.59 bits per heavy atom. The van der Waals surface area contributed by atoms with Gasteiger partial charge in [0.25, 0.3) is 5.91 Å². The summed E-state index contributed by atoms with van der Waals surface area (Å²) in [5, 5.41) is 9.18. The number of benzene rings is 3. The molecule has 0 heterocycles. The molecule has 0 aliphatic rings. The van der Waals surface area contributed by atoms with Gasteiger partial charge in [-0.15, -0.1) is 0 Å². The Morgan fingerprint density at radius 3 is 2.24 bits per heavy atom. The van der Waals surface area contributed by atoms with E-state index >= 15 is 0 Å². The van der Waals surface area contributed by atoms with Gasteiger partial charge in [-0.2, -0.15) is 5.10 Å². The number of ether oxygens (including phenoxy) is 3. The number of hydrazone groups is 1. The van der Waals surface area contributed by atoms with E-state index in [-0.39, 0.29) is 12.5 Å². The molecule has 3 aromatic rings. The van der Waals surface area contributed by atoms with E-state index < -0.39 is 11.8 Å². The molecule has 3 aromatic carbocycles. The van der Waals surface area contributed by atoms with Crippen LogP contribution in [0.3, 0.4) is 0 Å². The third-order valence-electron chi connectivity index (χ3n) is 5.39. The van der Waals surface area contributed by atoms with Crippen LogP contribution in [-0.2, 0) is 20.8 Å². The fourth-order valence-corrected chi connectivity index (χ4v) is 4.20. The summed E-state index contributed by atoms with van der Waals surface area (Å²) in [6.45, 7) is 7.98. The number of hydrogen-bond acceptors (Lipinski definition) is 7. The van der Waals surface area contributed by atoms with E-state index in [1.165, 1.54) is 11.8 Å². The van der Waals surface area contributed by atoms with E-state index in [1.807, 2.05) is 31.2 Å². The highest BCUT2D eigenvalue weighted by Crippen LogP contribution is 2.34.